The lowest BCUT2D eigenvalue weighted by Crippen LogP contribution is -2.10. The summed E-state index contributed by atoms with van der Waals surface area (Å²) in [7, 11) is 0. The fraction of sp³-hybridized carbons (Fsp3) is 0.438. The number of amides is 1. The lowest BCUT2D eigenvalue weighted by Gasteiger charge is -2.25. The molecule has 1 aromatic heterocycles. The number of nitrogens with two attached hydrogens (primary N) is 1. The molecule has 0 saturated heterocycles. The molecule has 0 radical (unpaired) electrons. The number of hydrogen-bond donors (Lipinski definition) is 2. The minimum absolute atomic E-state index is 0.365. The van der Waals surface area contributed by atoms with E-state index >= 15 is 0 Å². The first kappa shape index (κ1) is 12.3. The Hall–Kier alpha value is -1.77. The lowest BCUT2D eigenvalue weighted by molar-refractivity contribution is 0.100. The van der Waals surface area contributed by atoms with E-state index in [1.165, 1.54) is 31.4 Å². The van der Waals surface area contributed by atoms with Crippen LogP contribution in [0, 0.1) is 5.92 Å². The fourth-order valence-electron chi connectivity index (χ4n) is 3.10. The first-order valence-corrected chi connectivity index (χ1v) is 7.06. The monoisotopic (exact) mass is 256 g/mol. The summed E-state index contributed by atoms with van der Waals surface area (Å²) < 4.78 is 0. The number of carbonyl (C=O) groups excluding carboxylic acids is 1. The standard InChI is InChI=1S/C16H20N2O/c1-10-2-4-11(5-3-10)15-9-13-8-12(16(17)19)6-7-14(13)18-15/h6-11,18H,2-5H2,1H3,(H2,17,19). The van der Waals surface area contributed by atoms with Crippen molar-refractivity contribution in [2.45, 2.75) is 38.5 Å². The van der Waals surface area contributed by atoms with Crippen molar-refractivity contribution in [2.24, 2.45) is 11.7 Å². The van der Waals surface area contributed by atoms with Crippen molar-refractivity contribution in [3.05, 3.63) is 35.5 Å². The fourth-order valence-corrected chi connectivity index (χ4v) is 3.10. The highest BCUT2D eigenvalue weighted by Crippen LogP contribution is 2.36. The Labute approximate surface area is 113 Å². The Bertz CT molecular complexity index is 606. The molecule has 0 atom stereocenters. The molecule has 100 valence electrons. The molecule has 3 heteroatoms. The number of primary amides is 1. The van der Waals surface area contributed by atoms with E-state index in [4.69, 9.17) is 5.73 Å². The van der Waals surface area contributed by atoms with Gasteiger partial charge in [-0.05, 0) is 48.9 Å². The molecule has 1 aromatic carbocycles. The van der Waals surface area contributed by atoms with Crippen LogP contribution in [0.25, 0.3) is 10.9 Å². The van der Waals surface area contributed by atoms with Crippen molar-refractivity contribution in [1.82, 2.24) is 4.98 Å². The van der Waals surface area contributed by atoms with Gasteiger partial charge >= 0.3 is 0 Å². The Balaban J connectivity index is 1.91. The summed E-state index contributed by atoms with van der Waals surface area (Å²) in [6.07, 6.45) is 5.15. The molecule has 0 aliphatic heterocycles. The zero-order valence-corrected chi connectivity index (χ0v) is 11.3. The third-order valence-corrected chi connectivity index (χ3v) is 4.38. The van der Waals surface area contributed by atoms with Gasteiger partial charge in [0, 0.05) is 22.2 Å². The molecule has 1 heterocycles. The quantitative estimate of drug-likeness (QED) is 0.848. The van der Waals surface area contributed by atoms with Crippen molar-refractivity contribution in [2.75, 3.05) is 0 Å². The Kier molecular flexibility index (Phi) is 3.05. The second-order valence-corrected chi connectivity index (χ2v) is 5.85. The highest BCUT2D eigenvalue weighted by molar-refractivity contribution is 5.97. The van der Waals surface area contributed by atoms with Crippen molar-refractivity contribution >= 4 is 16.8 Å². The largest absolute Gasteiger partial charge is 0.366 e. The highest BCUT2D eigenvalue weighted by atomic mass is 16.1. The molecule has 3 rings (SSSR count). The molecule has 0 spiro atoms. The molecule has 1 saturated carbocycles. The first-order valence-electron chi connectivity index (χ1n) is 7.06. The second kappa shape index (κ2) is 4.72. The minimum Gasteiger partial charge on any atom is -0.366 e. The zero-order chi connectivity index (χ0) is 13.4. The molecule has 19 heavy (non-hydrogen) atoms. The number of carbonyl (C=O) groups is 1. The molecule has 1 aliphatic rings. The summed E-state index contributed by atoms with van der Waals surface area (Å²) in [5, 5.41) is 1.09. The van der Waals surface area contributed by atoms with Crippen molar-refractivity contribution < 1.29 is 4.79 Å². The van der Waals surface area contributed by atoms with Gasteiger partial charge in [0.2, 0.25) is 5.91 Å². The number of rotatable bonds is 2. The number of nitrogens with one attached hydrogen (secondary N) is 1. The molecular formula is C16H20N2O. The van der Waals surface area contributed by atoms with Crippen LogP contribution >= 0.6 is 0 Å². The maximum Gasteiger partial charge on any atom is 0.248 e. The average molecular weight is 256 g/mol. The first-order chi connectivity index (χ1) is 9.13. The van der Waals surface area contributed by atoms with E-state index in [9.17, 15) is 4.79 Å². The molecule has 1 aliphatic carbocycles. The van der Waals surface area contributed by atoms with Crippen LogP contribution in [0.3, 0.4) is 0 Å². The van der Waals surface area contributed by atoms with Crippen LogP contribution in [0.2, 0.25) is 0 Å². The van der Waals surface area contributed by atoms with Gasteiger partial charge in [-0.1, -0.05) is 19.8 Å². The predicted octanol–water partition coefficient (Wildman–Crippen LogP) is 3.56. The molecule has 2 aromatic rings. The van der Waals surface area contributed by atoms with Crippen LogP contribution in [-0.2, 0) is 0 Å². The van der Waals surface area contributed by atoms with Crippen LogP contribution < -0.4 is 5.73 Å². The van der Waals surface area contributed by atoms with Crippen LogP contribution in [0.1, 0.15) is 54.6 Å². The normalized spacial score (nSPS) is 23.6. The number of benzene rings is 1. The van der Waals surface area contributed by atoms with E-state index in [1.54, 1.807) is 6.07 Å². The van der Waals surface area contributed by atoms with E-state index < -0.39 is 0 Å². The average Bonchev–Trinajstić information content (AvgIpc) is 2.82. The number of H-pyrrole nitrogens is 1. The van der Waals surface area contributed by atoms with Crippen molar-refractivity contribution in [1.29, 1.82) is 0 Å². The van der Waals surface area contributed by atoms with Crippen LogP contribution in [-0.4, -0.2) is 10.9 Å². The van der Waals surface area contributed by atoms with E-state index in [2.05, 4.69) is 18.0 Å². The predicted molar refractivity (Wildman–Crippen MR) is 77.2 cm³/mol. The van der Waals surface area contributed by atoms with Gasteiger partial charge in [0.15, 0.2) is 0 Å². The van der Waals surface area contributed by atoms with Gasteiger partial charge < -0.3 is 10.7 Å². The SMILES string of the molecule is CC1CCC(c2cc3cc(C(N)=O)ccc3[nH]2)CC1. The minimum atomic E-state index is -0.365. The van der Waals surface area contributed by atoms with Gasteiger partial charge in [0.05, 0.1) is 0 Å². The maximum absolute atomic E-state index is 11.2. The van der Waals surface area contributed by atoms with Crippen molar-refractivity contribution in [3.8, 4) is 0 Å². The molecule has 0 bridgehead atoms. The van der Waals surface area contributed by atoms with Crippen molar-refractivity contribution in [3.63, 3.8) is 0 Å². The summed E-state index contributed by atoms with van der Waals surface area (Å²) >= 11 is 0. The Morgan fingerprint density at radius 2 is 1.95 bits per heavy atom. The summed E-state index contributed by atoms with van der Waals surface area (Å²) in [6, 6.07) is 7.80. The van der Waals surface area contributed by atoms with Crippen LogP contribution in [0.4, 0.5) is 0 Å². The van der Waals surface area contributed by atoms with Crippen LogP contribution in [0.15, 0.2) is 24.3 Å². The molecule has 3 nitrogen and oxygen atoms in total. The Morgan fingerprint density at radius 3 is 2.63 bits per heavy atom. The molecule has 1 fully saturated rings. The third kappa shape index (κ3) is 2.37. The van der Waals surface area contributed by atoms with E-state index in [1.807, 2.05) is 12.1 Å². The molecule has 1 amide bonds. The van der Waals surface area contributed by atoms with Gasteiger partial charge in [-0.3, -0.25) is 4.79 Å². The topological polar surface area (TPSA) is 58.9 Å². The van der Waals surface area contributed by atoms with Gasteiger partial charge in [-0.15, -0.1) is 0 Å². The number of hydrogen-bond acceptors (Lipinski definition) is 1. The summed E-state index contributed by atoms with van der Waals surface area (Å²) in [5.41, 5.74) is 8.30. The molecule has 0 unspecified atom stereocenters. The molecule has 3 N–H and O–H groups in total. The molecular weight excluding hydrogens is 236 g/mol. The lowest BCUT2D eigenvalue weighted by atomic mass is 9.81. The number of aromatic nitrogens is 1. The van der Waals surface area contributed by atoms with E-state index in [0.29, 0.717) is 11.5 Å². The van der Waals surface area contributed by atoms with E-state index in [0.717, 1.165) is 16.8 Å². The summed E-state index contributed by atoms with van der Waals surface area (Å²) in [6.45, 7) is 2.33. The maximum atomic E-state index is 11.2. The third-order valence-electron chi connectivity index (χ3n) is 4.38. The summed E-state index contributed by atoms with van der Waals surface area (Å²) in [5.74, 6) is 1.14. The highest BCUT2D eigenvalue weighted by Gasteiger charge is 2.21. The second-order valence-electron chi connectivity index (χ2n) is 5.85. The Morgan fingerprint density at radius 1 is 1.21 bits per heavy atom. The number of aromatic amines is 1. The van der Waals surface area contributed by atoms with Gasteiger partial charge in [-0.2, -0.15) is 0 Å². The summed E-state index contributed by atoms with van der Waals surface area (Å²) in [4.78, 5) is 14.7. The van der Waals surface area contributed by atoms with E-state index in [-0.39, 0.29) is 5.91 Å². The zero-order valence-electron chi connectivity index (χ0n) is 11.3. The van der Waals surface area contributed by atoms with Gasteiger partial charge in [0.1, 0.15) is 0 Å². The van der Waals surface area contributed by atoms with Crippen LogP contribution in [0.5, 0.6) is 0 Å². The number of fused-ring (bicyclic) bond motifs is 1. The van der Waals surface area contributed by atoms with Gasteiger partial charge in [0.25, 0.3) is 0 Å². The smallest absolute Gasteiger partial charge is 0.248 e. The van der Waals surface area contributed by atoms with Gasteiger partial charge in [-0.25, -0.2) is 0 Å².